The van der Waals surface area contributed by atoms with Gasteiger partial charge >= 0.3 is 0 Å². The molecule has 1 heterocycles. The second-order valence-electron chi connectivity index (χ2n) is 5.18. The van der Waals surface area contributed by atoms with Crippen LogP contribution < -0.4 is 10.5 Å². The van der Waals surface area contributed by atoms with E-state index in [0.717, 1.165) is 24.2 Å². The lowest BCUT2D eigenvalue weighted by Crippen LogP contribution is -2.28. The zero-order valence-corrected chi connectivity index (χ0v) is 11.4. The zero-order chi connectivity index (χ0) is 12.3. The number of hydrogen-bond donors (Lipinski definition) is 1. The number of ether oxygens (including phenoxy) is 1. The smallest absolute Gasteiger partial charge is 0.120 e. The first kappa shape index (κ1) is 12.8. The zero-order valence-electron chi connectivity index (χ0n) is 10.6. The minimum atomic E-state index is -0.304. The van der Waals surface area contributed by atoms with Crippen LogP contribution >= 0.6 is 11.8 Å². The van der Waals surface area contributed by atoms with Gasteiger partial charge in [-0.1, -0.05) is 12.1 Å². The lowest BCUT2D eigenvalue weighted by Gasteiger charge is -2.24. The molecule has 1 saturated heterocycles. The molecule has 2 rings (SSSR count). The van der Waals surface area contributed by atoms with Crippen LogP contribution in [0.3, 0.4) is 0 Å². The highest BCUT2D eigenvalue weighted by Crippen LogP contribution is 2.26. The monoisotopic (exact) mass is 251 g/mol. The first-order chi connectivity index (χ1) is 8.05. The van der Waals surface area contributed by atoms with E-state index in [2.05, 4.69) is 12.1 Å². The molecular weight excluding hydrogens is 230 g/mol. The molecule has 0 unspecified atom stereocenters. The summed E-state index contributed by atoms with van der Waals surface area (Å²) in [4.78, 5) is 0. The summed E-state index contributed by atoms with van der Waals surface area (Å²) in [6.07, 6.45) is 2.69. The van der Waals surface area contributed by atoms with Crippen molar-refractivity contribution in [1.82, 2.24) is 0 Å². The number of benzene rings is 1. The minimum absolute atomic E-state index is 0.304. The highest BCUT2D eigenvalue weighted by molar-refractivity contribution is 7.99. The number of nitrogens with two attached hydrogens (primary N) is 1. The van der Waals surface area contributed by atoms with Gasteiger partial charge in [-0.05, 0) is 55.9 Å². The second-order valence-corrected chi connectivity index (χ2v) is 6.40. The fourth-order valence-electron chi connectivity index (χ4n) is 1.96. The Bertz CT molecular complexity index is 367. The highest BCUT2D eigenvalue weighted by Gasteiger charge is 2.17. The Balaban J connectivity index is 2.05. The van der Waals surface area contributed by atoms with Crippen molar-refractivity contribution in [3.63, 3.8) is 0 Å². The normalized spacial score (nSPS) is 18.1. The van der Waals surface area contributed by atoms with Crippen LogP contribution in [0.15, 0.2) is 24.3 Å². The highest BCUT2D eigenvalue weighted by atomic mass is 32.2. The number of rotatable bonds is 3. The average Bonchev–Trinajstić information content (AvgIpc) is 2.29. The molecular formula is C14H21NOS. The topological polar surface area (TPSA) is 35.2 Å². The molecule has 1 aliphatic rings. The van der Waals surface area contributed by atoms with Crippen LogP contribution in [0.2, 0.25) is 0 Å². The third kappa shape index (κ3) is 3.65. The predicted octanol–water partition coefficient (Wildman–Crippen LogP) is 3.15. The van der Waals surface area contributed by atoms with Crippen molar-refractivity contribution >= 4 is 11.8 Å². The van der Waals surface area contributed by atoms with Crippen LogP contribution in [0.5, 0.6) is 5.75 Å². The van der Waals surface area contributed by atoms with E-state index in [1.807, 2.05) is 37.7 Å². The van der Waals surface area contributed by atoms with Crippen molar-refractivity contribution in [2.45, 2.75) is 38.3 Å². The Morgan fingerprint density at radius 2 is 2.00 bits per heavy atom. The van der Waals surface area contributed by atoms with Crippen LogP contribution in [0.4, 0.5) is 0 Å². The Kier molecular flexibility index (Phi) is 4.00. The van der Waals surface area contributed by atoms with E-state index in [1.165, 1.54) is 11.5 Å². The molecule has 0 aromatic heterocycles. The molecule has 2 nitrogen and oxygen atoms in total. The molecule has 0 radical (unpaired) electrons. The van der Waals surface area contributed by atoms with E-state index < -0.39 is 0 Å². The average molecular weight is 251 g/mol. The quantitative estimate of drug-likeness (QED) is 0.896. The Labute approximate surface area is 108 Å². The van der Waals surface area contributed by atoms with Crippen LogP contribution in [-0.4, -0.2) is 17.6 Å². The maximum Gasteiger partial charge on any atom is 0.120 e. The lowest BCUT2D eigenvalue weighted by atomic mass is 9.96. The molecule has 3 heteroatoms. The number of thioether (sulfide) groups is 1. The van der Waals surface area contributed by atoms with Gasteiger partial charge < -0.3 is 10.5 Å². The summed E-state index contributed by atoms with van der Waals surface area (Å²) < 4.78 is 6.02. The van der Waals surface area contributed by atoms with E-state index >= 15 is 0 Å². The summed E-state index contributed by atoms with van der Waals surface area (Å²) in [5.74, 6) is 3.39. The maximum atomic E-state index is 6.10. The molecule has 0 bridgehead atoms. The SMILES string of the molecule is CC(C)(N)c1cccc(OC2CCSCC2)c1. The van der Waals surface area contributed by atoms with Crippen molar-refractivity contribution in [3.05, 3.63) is 29.8 Å². The van der Waals surface area contributed by atoms with E-state index in [1.54, 1.807) is 0 Å². The van der Waals surface area contributed by atoms with Crippen molar-refractivity contribution in [3.8, 4) is 5.75 Å². The summed E-state index contributed by atoms with van der Waals surface area (Å²) in [6.45, 7) is 4.03. The molecule has 0 saturated carbocycles. The molecule has 0 spiro atoms. The van der Waals surface area contributed by atoms with Gasteiger partial charge in [0.05, 0.1) is 0 Å². The van der Waals surface area contributed by atoms with Crippen LogP contribution in [0, 0.1) is 0 Å². The third-order valence-electron chi connectivity index (χ3n) is 3.05. The summed E-state index contributed by atoms with van der Waals surface area (Å²) in [6, 6.07) is 8.18. The summed E-state index contributed by atoms with van der Waals surface area (Å²) in [5, 5.41) is 0. The minimum Gasteiger partial charge on any atom is -0.490 e. The molecule has 1 aromatic carbocycles. The molecule has 0 atom stereocenters. The summed E-state index contributed by atoms with van der Waals surface area (Å²) in [7, 11) is 0. The Morgan fingerprint density at radius 1 is 1.29 bits per heavy atom. The summed E-state index contributed by atoms with van der Waals surface area (Å²) in [5.41, 5.74) is 6.92. The van der Waals surface area contributed by atoms with Crippen molar-refractivity contribution in [2.75, 3.05) is 11.5 Å². The molecule has 2 N–H and O–H groups in total. The van der Waals surface area contributed by atoms with Crippen LogP contribution in [0.1, 0.15) is 32.3 Å². The van der Waals surface area contributed by atoms with Gasteiger partial charge in [0.15, 0.2) is 0 Å². The van der Waals surface area contributed by atoms with Crippen LogP contribution in [0.25, 0.3) is 0 Å². The molecule has 0 amide bonds. The van der Waals surface area contributed by atoms with Gasteiger partial charge in [-0.3, -0.25) is 0 Å². The van der Waals surface area contributed by atoms with Gasteiger partial charge in [0.2, 0.25) is 0 Å². The van der Waals surface area contributed by atoms with Crippen molar-refractivity contribution in [2.24, 2.45) is 5.73 Å². The summed E-state index contributed by atoms with van der Waals surface area (Å²) >= 11 is 2.02. The second kappa shape index (κ2) is 5.32. The molecule has 17 heavy (non-hydrogen) atoms. The fraction of sp³-hybridized carbons (Fsp3) is 0.571. The fourth-order valence-corrected chi connectivity index (χ4v) is 3.02. The Morgan fingerprint density at radius 3 is 2.65 bits per heavy atom. The van der Waals surface area contributed by atoms with Gasteiger partial charge in [-0.25, -0.2) is 0 Å². The van der Waals surface area contributed by atoms with Crippen LogP contribution in [-0.2, 0) is 5.54 Å². The van der Waals surface area contributed by atoms with Gasteiger partial charge in [0.25, 0.3) is 0 Å². The number of hydrogen-bond acceptors (Lipinski definition) is 3. The first-order valence-electron chi connectivity index (χ1n) is 6.19. The Hall–Kier alpha value is -0.670. The van der Waals surface area contributed by atoms with Crippen molar-refractivity contribution < 1.29 is 4.74 Å². The van der Waals surface area contributed by atoms with E-state index in [-0.39, 0.29) is 5.54 Å². The molecule has 0 aliphatic carbocycles. The van der Waals surface area contributed by atoms with E-state index in [4.69, 9.17) is 10.5 Å². The first-order valence-corrected chi connectivity index (χ1v) is 7.35. The van der Waals surface area contributed by atoms with E-state index in [9.17, 15) is 0 Å². The third-order valence-corrected chi connectivity index (χ3v) is 4.10. The van der Waals surface area contributed by atoms with E-state index in [0.29, 0.717) is 6.10 Å². The van der Waals surface area contributed by atoms with Gasteiger partial charge in [0, 0.05) is 5.54 Å². The van der Waals surface area contributed by atoms with Gasteiger partial charge in [-0.2, -0.15) is 11.8 Å². The van der Waals surface area contributed by atoms with Gasteiger partial charge in [-0.15, -0.1) is 0 Å². The standard InChI is InChI=1S/C14H21NOS/c1-14(2,15)11-4-3-5-13(10-11)16-12-6-8-17-9-7-12/h3-5,10,12H,6-9,15H2,1-2H3. The lowest BCUT2D eigenvalue weighted by molar-refractivity contribution is 0.192. The molecule has 1 fully saturated rings. The predicted molar refractivity (Wildman–Crippen MR) is 74.6 cm³/mol. The molecule has 94 valence electrons. The molecule has 1 aliphatic heterocycles. The molecule has 1 aromatic rings. The maximum absolute atomic E-state index is 6.10. The van der Waals surface area contributed by atoms with Gasteiger partial charge in [0.1, 0.15) is 11.9 Å². The van der Waals surface area contributed by atoms with Crippen molar-refractivity contribution in [1.29, 1.82) is 0 Å². The largest absolute Gasteiger partial charge is 0.490 e.